The van der Waals surface area contributed by atoms with Crippen LogP contribution in [0.5, 0.6) is 0 Å². The Labute approximate surface area is 126 Å². The molecule has 7 heteroatoms. The van der Waals surface area contributed by atoms with Gasteiger partial charge in [0.1, 0.15) is 4.21 Å². The molecule has 0 spiro atoms. The van der Waals surface area contributed by atoms with Crippen molar-refractivity contribution < 1.29 is 8.42 Å². The molecule has 0 bridgehead atoms. The maximum absolute atomic E-state index is 12.2. The zero-order valence-corrected chi connectivity index (χ0v) is 14.3. The Morgan fingerprint density at radius 2 is 2.05 bits per heavy atom. The summed E-state index contributed by atoms with van der Waals surface area (Å²) in [4.78, 5) is 3.05. The first kappa shape index (κ1) is 17.6. The van der Waals surface area contributed by atoms with Crippen molar-refractivity contribution in [2.45, 2.75) is 30.5 Å². The van der Waals surface area contributed by atoms with Gasteiger partial charge >= 0.3 is 0 Å². The van der Waals surface area contributed by atoms with Crippen LogP contribution in [0.15, 0.2) is 16.3 Å². The Morgan fingerprint density at radius 1 is 1.35 bits per heavy atom. The number of thiophene rings is 1. The average molecular weight is 319 g/mol. The normalized spacial score (nSPS) is 13.8. The SMILES string of the molecule is CCNCCc1ccc(S(=O)(=O)NC(C)CN(C)C)s1. The van der Waals surface area contributed by atoms with E-state index in [1.165, 1.54) is 11.3 Å². The molecule has 116 valence electrons. The average Bonchev–Trinajstić information content (AvgIpc) is 2.76. The fourth-order valence-electron chi connectivity index (χ4n) is 1.93. The van der Waals surface area contributed by atoms with Crippen molar-refractivity contribution in [1.82, 2.24) is 14.9 Å². The van der Waals surface area contributed by atoms with Gasteiger partial charge in [0.25, 0.3) is 0 Å². The van der Waals surface area contributed by atoms with Gasteiger partial charge in [-0.05, 0) is 52.7 Å². The zero-order valence-electron chi connectivity index (χ0n) is 12.6. The Bertz CT molecular complexity index is 497. The topological polar surface area (TPSA) is 61.4 Å². The molecule has 1 heterocycles. The van der Waals surface area contributed by atoms with Crippen molar-refractivity contribution in [1.29, 1.82) is 0 Å². The molecular weight excluding hydrogens is 294 g/mol. The second kappa shape index (κ2) is 8.09. The van der Waals surface area contributed by atoms with Crippen molar-refractivity contribution in [3.63, 3.8) is 0 Å². The van der Waals surface area contributed by atoms with E-state index in [1.54, 1.807) is 6.07 Å². The summed E-state index contributed by atoms with van der Waals surface area (Å²) in [5, 5.41) is 3.23. The van der Waals surface area contributed by atoms with Crippen LogP contribution in [0.1, 0.15) is 18.7 Å². The van der Waals surface area contributed by atoms with Crippen LogP contribution >= 0.6 is 11.3 Å². The lowest BCUT2D eigenvalue weighted by molar-refractivity contribution is 0.370. The number of nitrogens with one attached hydrogen (secondary N) is 2. The maximum atomic E-state index is 12.2. The second-order valence-corrected chi connectivity index (χ2v) is 8.22. The van der Waals surface area contributed by atoms with Crippen LogP contribution in [0.4, 0.5) is 0 Å². The van der Waals surface area contributed by atoms with Crippen LogP contribution in [0.3, 0.4) is 0 Å². The molecule has 0 radical (unpaired) electrons. The number of likely N-dealkylation sites (N-methyl/N-ethyl adjacent to an activating group) is 2. The van der Waals surface area contributed by atoms with Gasteiger partial charge in [-0.3, -0.25) is 0 Å². The minimum Gasteiger partial charge on any atom is -0.317 e. The molecule has 0 aromatic carbocycles. The Kier molecular flexibility index (Phi) is 7.11. The Balaban J connectivity index is 2.63. The van der Waals surface area contributed by atoms with Crippen molar-refractivity contribution in [2.75, 3.05) is 33.7 Å². The van der Waals surface area contributed by atoms with Gasteiger partial charge in [0.2, 0.25) is 10.0 Å². The fraction of sp³-hybridized carbons (Fsp3) is 0.692. The molecule has 1 aromatic rings. The molecule has 1 aromatic heterocycles. The standard InChI is InChI=1S/C13H25N3O2S2/c1-5-14-9-8-12-6-7-13(19-12)20(17,18)15-11(2)10-16(3)4/h6-7,11,14-15H,5,8-10H2,1-4H3. The molecule has 0 saturated carbocycles. The summed E-state index contributed by atoms with van der Waals surface area (Å²) in [5.41, 5.74) is 0. The number of rotatable bonds is 9. The molecule has 0 saturated heterocycles. The third kappa shape index (κ3) is 5.88. The van der Waals surface area contributed by atoms with Gasteiger partial charge in [-0.1, -0.05) is 6.92 Å². The molecule has 0 aliphatic carbocycles. The minimum atomic E-state index is -3.39. The van der Waals surface area contributed by atoms with Crippen LogP contribution < -0.4 is 10.0 Å². The second-order valence-electron chi connectivity index (χ2n) is 5.11. The predicted molar refractivity (Wildman–Crippen MR) is 84.9 cm³/mol. The van der Waals surface area contributed by atoms with Gasteiger partial charge in [-0.25, -0.2) is 13.1 Å². The van der Waals surface area contributed by atoms with Crippen molar-refractivity contribution in [3.8, 4) is 0 Å². The molecule has 1 unspecified atom stereocenters. The monoisotopic (exact) mass is 319 g/mol. The van der Waals surface area contributed by atoms with E-state index in [2.05, 4.69) is 17.0 Å². The van der Waals surface area contributed by atoms with E-state index in [9.17, 15) is 8.42 Å². The summed E-state index contributed by atoms with van der Waals surface area (Å²) in [6.45, 7) is 6.41. The smallest absolute Gasteiger partial charge is 0.250 e. The van der Waals surface area contributed by atoms with Crippen molar-refractivity contribution in [2.24, 2.45) is 0 Å². The van der Waals surface area contributed by atoms with Gasteiger partial charge in [0, 0.05) is 17.5 Å². The highest BCUT2D eigenvalue weighted by Crippen LogP contribution is 2.22. The molecule has 1 atom stereocenters. The predicted octanol–water partition coefficient (Wildman–Crippen LogP) is 1.13. The fourth-order valence-corrected chi connectivity index (χ4v) is 4.54. The summed E-state index contributed by atoms with van der Waals surface area (Å²) in [7, 11) is 0.457. The number of hydrogen-bond acceptors (Lipinski definition) is 5. The highest BCUT2D eigenvalue weighted by molar-refractivity contribution is 7.91. The summed E-state index contributed by atoms with van der Waals surface area (Å²) in [6.07, 6.45) is 0.862. The largest absolute Gasteiger partial charge is 0.317 e. The van der Waals surface area contributed by atoms with Crippen molar-refractivity contribution >= 4 is 21.4 Å². The molecule has 20 heavy (non-hydrogen) atoms. The molecule has 2 N–H and O–H groups in total. The van der Waals surface area contributed by atoms with E-state index in [4.69, 9.17) is 0 Å². The van der Waals surface area contributed by atoms with Gasteiger partial charge in [0.05, 0.1) is 0 Å². The molecule has 1 rings (SSSR count). The lowest BCUT2D eigenvalue weighted by Gasteiger charge is -2.17. The van der Waals surface area contributed by atoms with Gasteiger partial charge < -0.3 is 10.2 Å². The Morgan fingerprint density at radius 3 is 2.65 bits per heavy atom. The Hall–Kier alpha value is -0.470. The third-order valence-electron chi connectivity index (χ3n) is 2.70. The molecule has 0 aliphatic heterocycles. The summed E-state index contributed by atoms with van der Waals surface area (Å²) < 4.78 is 27.6. The number of sulfonamides is 1. The van der Waals surface area contributed by atoms with E-state index < -0.39 is 10.0 Å². The van der Waals surface area contributed by atoms with E-state index in [1.807, 2.05) is 32.0 Å². The third-order valence-corrected chi connectivity index (χ3v) is 5.92. The number of hydrogen-bond donors (Lipinski definition) is 2. The zero-order chi connectivity index (χ0) is 15.2. The van der Waals surface area contributed by atoms with Gasteiger partial charge in [-0.2, -0.15) is 0 Å². The van der Waals surface area contributed by atoms with E-state index in [-0.39, 0.29) is 6.04 Å². The van der Waals surface area contributed by atoms with E-state index in [0.29, 0.717) is 10.8 Å². The summed E-state index contributed by atoms with van der Waals surface area (Å²) in [6, 6.07) is 3.48. The highest BCUT2D eigenvalue weighted by Gasteiger charge is 2.19. The highest BCUT2D eigenvalue weighted by atomic mass is 32.2. The quantitative estimate of drug-likeness (QED) is 0.670. The minimum absolute atomic E-state index is 0.109. The summed E-state index contributed by atoms with van der Waals surface area (Å²) >= 11 is 1.35. The molecule has 0 amide bonds. The number of nitrogens with zero attached hydrogens (tertiary/aromatic N) is 1. The first-order valence-electron chi connectivity index (χ1n) is 6.81. The van der Waals surface area contributed by atoms with Crippen LogP contribution in [-0.4, -0.2) is 53.1 Å². The lowest BCUT2D eigenvalue weighted by atomic mass is 10.3. The van der Waals surface area contributed by atoms with Gasteiger partial charge in [0.15, 0.2) is 0 Å². The van der Waals surface area contributed by atoms with Gasteiger partial charge in [-0.15, -0.1) is 11.3 Å². The van der Waals surface area contributed by atoms with Crippen LogP contribution in [0, 0.1) is 0 Å². The van der Waals surface area contributed by atoms with E-state index in [0.717, 1.165) is 24.4 Å². The molecule has 5 nitrogen and oxygen atoms in total. The first-order chi connectivity index (χ1) is 9.35. The van der Waals surface area contributed by atoms with Crippen LogP contribution in [0.25, 0.3) is 0 Å². The molecule has 0 aliphatic rings. The maximum Gasteiger partial charge on any atom is 0.250 e. The first-order valence-corrected chi connectivity index (χ1v) is 9.11. The van der Waals surface area contributed by atoms with Crippen LogP contribution in [0.2, 0.25) is 0 Å². The van der Waals surface area contributed by atoms with Crippen molar-refractivity contribution in [3.05, 3.63) is 17.0 Å². The van der Waals surface area contributed by atoms with E-state index >= 15 is 0 Å². The lowest BCUT2D eigenvalue weighted by Crippen LogP contribution is -2.39. The summed E-state index contributed by atoms with van der Waals surface area (Å²) in [5.74, 6) is 0. The molecule has 0 fully saturated rings. The van der Waals surface area contributed by atoms with Crippen LogP contribution in [-0.2, 0) is 16.4 Å². The molecular formula is C13H25N3O2S2.